The summed E-state index contributed by atoms with van der Waals surface area (Å²) in [6, 6.07) is 7.34. The second-order valence-corrected chi connectivity index (χ2v) is 6.69. The molecule has 1 aliphatic heterocycles. The lowest BCUT2D eigenvalue weighted by atomic mass is 10.0. The summed E-state index contributed by atoms with van der Waals surface area (Å²) in [6.45, 7) is 1.73. The van der Waals surface area contributed by atoms with Crippen LogP contribution in [0.1, 0.15) is 28.0 Å². The SMILES string of the molecule is NC(=O)c1ccc(-c2nc(N3CCn4cncc43)nc3c2CCC3)cc1. The second-order valence-electron chi connectivity index (χ2n) is 6.69. The summed E-state index contributed by atoms with van der Waals surface area (Å²) in [5, 5.41) is 0. The van der Waals surface area contributed by atoms with Crippen molar-refractivity contribution in [3.63, 3.8) is 0 Å². The maximum Gasteiger partial charge on any atom is 0.248 e. The van der Waals surface area contributed by atoms with Crippen molar-refractivity contribution in [2.75, 3.05) is 11.4 Å². The number of hydrogen-bond donors (Lipinski definition) is 1. The van der Waals surface area contributed by atoms with Gasteiger partial charge in [-0.05, 0) is 31.4 Å². The lowest BCUT2D eigenvalue weighted by Gasteiger charge is -2.18. The topological polar surface area (TPSA) is 89.9 Å². The van der Waals surface area contributed by atoms with E-state index in [0.717, 1.165) is 61.1 Å². The van der Waals surface area contributed by atoms with Gasteiger partial charge in [0.2, 0.25) is 11.9 Å². The fraction of sp³-hybridized carbons (Fsp3) is 0.263. The number of nitrogens with zero attached hydrogens (tertiary/aromatic N) is 5. The maximum atomic E-state index is 11.3. The monoisotopic (exact) mass is 346 g/mol. The third-order valence-electron chi connectivity index (χ3n) is 5.14. The molecule has 0 spiro atoms. The Morgan fingerprint density at radius 2 is 1.92 bits per heavy atom. The molecule has 3 heterocycles. The van der Waals surface area contributed by atoms with Crippen molar-refractivity contribution in [3.05, 3.63) is 53.6 Å². The molecule has 0 radical (unpaired) electrons. The van der Waals surface area contributed by atoms with Crippen LogP contribution in [-0.4, -0.2) is 32.0 Å². The minimum Gasteiger partial charge on any atom is -0.366 e. The number of aryl methyl sites for hydroxylation is 1. The minimum absolute atomic E-state index is 0.421. The third-order valence-corrected chi connectivity index (χ3v) is 5.14. The van der Waals surface area contributed by atoms with Gasteiger partial charge in [-0.25, -0.2) is 15.0 Å². The molecule has 3 aromatic rings. The zero-order valence-corrected chi connectivity index (χ0v) is 14.2. The zero-order valence-electron chi connectivity index (χ0n) is 14.2. The smallest absolute Gasteiger partial charge is 0.248 e. The van der Waals surface area contributed by atoms with Gasteiger partial charge in [0.15, 0.2) is 0 Å². The number of rotatable bonds is 3. The standard InChI is InChI=1S/C19H18N6O/c20-18(26)13-6-4-12(5-7-13)17-14-2-1-3-15(14)22-19(23-17)25-9-8-24-11-21-10-16(24)25/h4-7,10-11H,1-3,8-9H2,(H2,20,26). The van der Waals surface area contributed by atoms with E-state index in [0.29, 0.717) is 5.56 Å². The number of benzene rings is 1. The highest BCUT2D eigenvalue weighted by Crippen LogP contribution is 2.34. The Kier molecular flexibility index (Phi) is 3.28. The molecule has 0 atom stereocenters. The molecule has 7 heteroatoms. The van der Waals surface area contributed by atoms with Crippen molar-refractivity contribution >= 4 is 17.7 Å². The number of primary amides is 1. The highest BCUT2D eigenvalue weighted by atomic mass is 16.1. The molecular formula is C19H18N6O. The predicted molar refractivity (Wildman–Crippen MR) is 97.2 cm³/mol. The highest BCUT2D eigenvalue weighted by Gasteiger charge is 2.27. The number of aromatic nitrogens is 4. The van der Waals surface area contributed by atoms with Crippen molar-refractivity contribution in [2.24, 2.45) is 5.73 Å². The molecule has 130 valence electrons. The van der Waals surface area contributed by atoms with Crippen molar-refractivity contribution in [3.8, 4) is 11.3 Å². The Labute approximate surface area is 150 Å². The Morgan fingerprint density at radius 1 is 1.08 bits per heavy atom. The van der Waals surface area contributed by atoms with Crippen LogP contribution in [0.15, 0.2) is 36.8 Å². The molecule has 1 aromatic carbocycles. The molecule has 2 aliphatic rings. The van der Waals surface area contributed by atoms with Crippen molar-refractivity contribution in [2.45, 2.75) is 25.8 Å². The first-order chi connectivity index (χ1) is 12.7. The molecule has 2 aromatic heterocycles. The number of anilines is 2. The van der Waals surface area contributed by atoms with Gasteiger partial charge in [0.25, 0.3) is 0 Å². The average molecular weight is 346 g/mol. The second kappa shape index (κ2) is 5.66. The Balaban J connectivity index is 1.62. The number of carbonyl (C=O) groups is 1. The van der Waals surface area contributed by atoms with Gasteiger partial charge in [-0.3, -0.25) is 9.69 Å². The van der Waals surface area contributed by atoms with Crippen LogP contribution in [0.2, 0.25) is 0 Å². The molecule has 2 N–H and O–H groups in total. The largest absolute Gasteiger partial charge is 0.366 e. The highest BCUT2D eigenvalue weighted by molar-refractivity contribution is 5.93. The first-order valence-corrected chi connectivity index (χ1v) is 8.78. The lowest BCUT2D eigenvalue weighted by molar-refractivity contribution is 0.100. The molecule has 1 amide bonds. The van der Waals surface area contributed by atoms with Crippen molar-refractivity contribution in [1.29, 1.82) is 0 Å². The van der Waals surface area contributed by atoms with Gasteiger partial charge < -0.3 is 10.3 Å². The molecule has 0 saturated heterocycles. The molecular weight excluding hydrogens is 328 g/mol. The summed E-state index contributed by atoms with van der Waals surface area (Å²) < 4.78 is 2.11. The number of imidazole rings is 1. The van der Waals surface area contributed by atoms with Gasteiger partial charge in [0.1, 0.15) is 5.82 Å². The summed E-state index contributed by atoms with van der Waals surface area (Å²) in [7, 11) is 0. The fourth-order valence-corrected chi connectivity index (χ4v) is 3.81. The summed E-state index contributed by atoms with van der Waals surface area (Å²) >= 11 is 0. The fourth-order valence-electron chi connectivity index (χ4n) is 3.81. The zero-order chi connectivity index (χ0) is 17.7. The van der Waals surface area contributed by atoms with Gasteiger partial charge in [0, 0.05) is 35.5 Å². The van der Waals surface area contributed by atoms with E-state index in [1.807, 2.05) is 24.7 Å². The molecule has 0 fully saturated rings. The quantitative estimate of drug-likeness (QED) is 0.784. The van der Waals surface area contributed by atoms with E-state index in [4.69, 9.17) is 15.7 Å². The Hall–Kier alpha value is -3.22. The predicted octanol–water partition coefficient (Wildman–Crippen LogP) is 2.08. The first kappa shape index (κ1) is 15.1. The van der Waals surface area contributed by atoms with Crippen LogP contribution in [0.4, 0.5) is 11.8 Å². The molecule has 7 nitrogen and oxygen atoms in total. The van der Waals surface area contributed by atoms with Crippen LogP contribution in [-0.2, 0) is 19.4 Å². The minimum atomic E-state index is -0.421. The summed E-state index contributed by atoms with van der Waals surface area (Å²) in [5.74, 6) is 1.33. The van der Waals surface area contributed by atoms with E-state index in [1.165, 1.54) is 5.56 Å². The van der Waals surface area contributed by atoms with Crippen LogP contribution in [0.3, 0.4) is 0 Å². The summed E-state index contributed by atoms with van der Waals surface area (Å²) in [6.07, 6.45) is 6.75. The van der Waals surface area contributed by atoms with Crippen LogP contribution in [0.25, 0.3) is 11.3 Å². The van der Waals surface area contributed by atoms with E-state index in [-0.39, 0.29) is 0 Å². The normalized spacial score (nSPS) is 15.2. The molecule has 0 saturated carbocycles. The Bertz CT molecular complexity index is 1010. The van der Waals surface area contributed by atoms with E-state index in [1.54, 1.807) is 12.1 Å². The van der Waals surface area contributed by atoms with E-state index in [9.17, 15) is 4.79 Å². The summed E-state index contributed by atoms with van der Waals surface area (Å²) in [5.41, 5.74) is 10.1. The molecule has 26 heavy (non-hydrogen) atoms. The van der Waals surface area contributed by atoms with Crippen molar-refractivity contribution in [1.82, 2.24) is 19.5 Å². The molecule has 1 aliphatic carbocycles. The van der Waals surface area contributed by atoms with Gasteiger partial charge in [-0.2, -0.15) is 0 Å². The van der Waals surface area contributed by atoms with Gasteiger partial charge in [-0.15, -0.1) is 0 Å². The van der Waals surface area contributed by atoms with Gasteiger partial charge in [0.05, 0.1) is 18.2 Å². The van der Waals surface area contributed by atoms with Crippen LogP contribution < -0.4 is 10.6 Å². The average Bonchev–Trinajstić information content (AvgIpc) is 3.37. The molecule has 5 rings (SSSR count). The molecule has 0 bridgehead atoms. The first-order valence-electron chi connectivity index (χ1n) is 8.78. The number of fused-ring (bicyclic) bond motifs is 2. The third kappa shape index (κ3) is 2.28. The van der Waals surface area contributed by atoms with Gasteiger partial charge in [-0.1, -0.05) is 12.1 Å². The van der Waals surface area contributed by atoms with E-state index >= 15 is 0 Å². The molecule has 0 unspecified atom stereocenters. The van der Waals surface area contributed by atoms with Gasteiger partial charge >= 0.3 is 0 Å². The number of hydrogen-bond acceptors (Lipinski definition) is 5. The van der Waals surface area contributed by atoms with E-state index < -0.39 is 5.91 Å². The van der Waals surface area contributed by atoms with Crippen LogP contribution in [0, 0.1) is 0 Å². The van der Waals surface area contributed by atoms with Crippen molar-refractivity contribution < 1.29 is 4.79 Å². The lowest BCUT2D eigenvalue weighted by Crippen LogP contribution is -2.18. The summed E-state index contributed by atoms with van der Waals surface area (Å²) in [4.78, 5) is 27.4. The number of nitrogens with two attached hydrogens (primary N) is 1. The van der Waals surface area contributed by atoms with Crippen LogP contribution >= 0.6 is 0 Å². The maximum absolute atomic E-state index is 11.3. The van der Waals surface area contributed by atoms with Crippen LogP contribution in [0.5, 0.6) is 0 Å². The van der Waals surface area contributed by atoms with E-state index in [2.05, 4.69) is 14.5 Å². The number of amides is 1. The Morgan fingerprint density at radius 3 is 2.73 bits per heavy atom. The number of carbonyl (C=O) groups excluding carboxylic acids is 1.